The molecule has 18 heavy (non-hydrogen) atoms. The Labute approximate surface area is 100 Å². The van der Waals surface area contributed by atoms with Gasteiger partial charge in [-0.2, -0.15) is 22.0 Å². The summed E-state index contributed by atoms with van der Waals surface area (Å²) in [5.74, 6) is -9.64. The van der Waals surface area contributed by atoms with Gasteiger partial charge in [0.15, 0.2) is 6.61 Å². The minimum absolute atomic E-state index is 1.17. The van der Waals surface area contributed by atoms with Crippen LogP contribution in [0.4, 0.5) is 22.0 Å². The highest BCUT2D eigenvalue weighted by atomic mass is 28.4. The summed E-state index contributed by atoms with van der Waals surface area (Å²) >= 11 is 0. The van der Waals surface area contributed by atoms with Gasteiger partial charge in [0, 0.05) is 0 Å². The number of alkyl halides is 5. The van der Waals surface area contributed by atoms with E-state index in [9.17, 15) is 31.5 Å². The van der Waals surface area contributed by atoms with E-state index in [-0.39, 0.29) is 0 Å². The Hall–Kier alpha value is -1.19. The predicted octanol–water partition coefficient (Wildman–Crippen LogP) is 2.11. The van der Waals surface area contributed by atoms with Gasteiger partial charge in [-0.15, -0.1) is 0 Å². The minimum atomic E-state index is -6.06. The van der Waals surface area contributed by atoms with Crippen molar-refractivity contribution in [2.45, 2.75) is 31.7 Å². The van der Waals surface area contributed by atoms with Crippen molar-refractivity contribution in [2.75, 3.05) is 6.61 Å². The highest BCUT2D eigenvalue weighted by Gasteiger charge is 2.65. The van der Waals surface area contributed by atoms with E-state index in [0.29, 0.717) is 0 Å². The molecule has 0 heterocycles. The predicted molar refractivity (Wildman–Crippen MR) is 51.4 cm³/mol. The van der Waals surface area contributed by atoms with Crippen LogP contribution in [0.2, 0.25) is 19.6 Å². The van der Waals surface area contributed by atoms with Crippen LogP contribution in [0.3, 0.4) is 0 Å². The number of carbonyl (C=O) groups excluding carboxylic acids is 2. The first kappa shape index (κ1) is 16.8. The lowest BCUT2D eigenvalue weighted by molar-refractivity contribution is -0.280. The molecular weight excluding hydrogens is 283 g/mol. The first-order valence-electron chi connectivity index (χ1n) is 4.61. The molecular formula is C8H11F5O4Si. The number of hydrogen-bond donors (Lipinski definition) is 0. The lowest BCUT2D eigenvalue weighted by Crippen LogP contribution is -2.46. The van der Waals surface area contributed by atoms with E-state index < -0.39 is 39.0 Å². The largest absolute Gasteiger partial charge is 0.517 e. The third-order valence-corrected chi connectivity index (χ3v) is 2.19. The number of hydrogen-bond acceptors (Lipinski definition) is 4. The maximum Gasteiger partial charge on any atom is 0.465 e. The third kappa shape index (κ3) is 4.98. The first-order chi connectivity index (χ1) is 7.77. The second kappa shape index (κ2) is 5.20. The van der Waals surface area contributed by atoms with Crippen molar-refractivity contribution in [2.24, 2.45) is 0 Å². The van der Waals surface area contributed by atoms with Gasteiger partial charge in [-0.05, 0) is 19.6 Å². The Bertz CT molecular complexity index is 333. The summed E-state index contributed by atoms with van der Waals surface area (Å²) < 4.78 is 68.2. The molecule has 0 aliphatic rings. The molecule has 0 aromatic rings. The van der Waals surface area contributed by atoms with E-state index >= 15 is 0 Å². The average Bonchev–Trinajstić information content (AvgIpc) is 2.09. The van der Waals surface area contributed by atoms with E-state index in [4.69, 9.17) is 0 Å². The van der Waals surface area contributed by atoms with Crippen LogP contribution in [0.5, 0.6) is 0 Å². The summed E-state index contributed by atoms with van der Waals surface area (Å²) in [6.07, 6.45) is -6.06. The lowest BCUT2D eigenvalue weighted by atomic mass is 10.3. The molecule has 0 atom stereocenters. The molecule has 0 aliphatic heterocycles. The van der Waals surface area contributed by atoms with Gasteiger partial charge in [-0.3, -0.25) is 0 Å². The Morgan fingerprint density at radius 1 is 1.06 bits per heavy atom. The summed E-state index contributed by atoms with van der Waals surface area (Å²) in [7, 11) is -2.33. The molecule has 0 saturated carbocycles. The molecule has 0 radical (unpaired) electrons. The molecule has 0 aliphatic carbocycles. The zero-order chi connectivity index (χ0) is 14.8. The van der Waals surface area contributed by atoms with E-state index in [1.807, 2.05) is 0 Å². The Balaban J connectivity index is 4.41. The molecule has 4 nitrogen and oxygen atoms in total. The van der Waals surface area contributed by atoms with Gasteiger partial charge in [0.25, 0.3) is 0 Å². The molecule has 0 rings (SSSR count). The Morgan fingerprint density at radius 2 is 1.50 bits per heavy atom. The van der Waals surface area contributed by atoms with Gasteiger partial charge in [-0.1, -0.05) is 0 Å². The number of esters is 1. The number of rotatable bonds is 4. The number of halogens is 5. The van der Waals surface area contributed by atoms with E-state index in [2.05, 4.69) is 9.16 Å². The Kier molecular flexibility index (Phi) is 4.86. The van der Waals surface area contributed by atoms with Crippen LogP contribution >= 0.6 is 0 Å². The first-order valence-corrected chi connectivity index (χ1v) is 8.02. The average molecular weight is 294 g/mol. The fourth-order valence-corrected chi connectivity index (χ4v) is 1.44. The number of ether oxygens (including phenoxy) is 1. The minimum Gasteiger partial charge on any atom is -0.517 e. The highest BCUT2D eigenvalue weighted by molar-refractivity contribution is 6.71. The summed E-state index contributed by atoms with van der Waals surface area (Å²) in [6.45, 7) is 3.46. The fourth-order valence-electron chi connectivity index (χ4n) is 0.702. The molecule has 0 unspecified atom stereocenters. The molecule has 0 aromatic heterocycles. The molecule has 0 saturated heterocycles. The summed E-state index contributed by atoms with van der Waals surface area (Å²) in [4.78, 5) is 21.4. The van der Waals surface area contributed by atoms with Crippen molar-refractivity contribution >= 4 is 20.3 Å². The topological polar surface area (TPSA) is 52.6 Å². The third-order valence-electron chi connectivity index (χ3n) is 1.35. The second-order valence-electron chi connectivity index (χ2n) is 4.23. The monoisotopic (exact) mass is 294 g/mol. The van der Waals surface area contributed by atoms with Crippen LogP contribution in [0, 0.1) is 0 Å². The molecule has 10 heteroatoms. The van der Waals surface area contributed by atoms with Crippen LogP contribution in [0.25, 0.3) is 0 Å². The molecule has 106 valence electrons. The summed E-state index contributed by atoms with van der Waals surface area (Å²) in [5.41, 5.74) is 0. The molecule has 0 spiro atoms. The van der Waals surface area contributed by atoms with Crippen molar-refractivity contribution in [3.05, 3.63) is 0 Å². The van der Waals surface area contributed by atoms with Gasteiger partial charge >= 0.3 is 24.0 Å². The smallest absolute Gasteiger partial charge is 0.465 e. The van der Waals surface area contributed by atoms with E-state index in [1.54, 1.807) is 19.6 Å². The normalized spacial score (nSPS) is 13.1. The van der Waals surface area contributed by atoms with Crippen molar-refractivity contribution in [3.8, 4) is 0 Å². The van der Waals surface area contributed by atoms with Gasteiger partial charge < -0.3 is 9.16 Å². The highest BCUT2D eigenvalue weighted by Crippen LogP contribution is 2.36. The zero-order valence-corrected chi connectivity index (χ0v) is 10.7. The second-order valence-corrected chi connectivity index (χ2v) is 8.66. The summed E-state index contributed by atoms with van der Waals surface area (Å²) in [5, 5.41) is 0. The summed E-state index contributed by atoms with van der Waals surface area (Å²) in [6, 6.07) is 0. The maximum atomic E-state index is 12.4. The Morgan fingerprint density at radius 3 is 1.83 bits per heavy atom. The standard InChI is InChI=1S/C8H11F5O4Si/c1-18(2,3)17-5(14)4-16-6(15)7(9,10)8(11,12)13/h4H2,1-3H3. The van der Waals surface area contributed by atoms with Crippen molar-refractivity contribution in [3.63, 3.8) is 0 Å². The van der Waals surface area contributed by atoms with Gasteiger partial charge in [-0.25, -0.2) is 9.59 Å². The maximum absolute atomic E-state index is 12.4. The fraction of sp³-hybridized carbons (Fsp3) is 0.750. The van der Waals surface area contributed by atoms with Crippen LogP contribution < -0.4 is 0 Å². The molecule has 0 amide bonds. The van der Waals surface area contributed by atoms with Crippen LogP contribution in [-0.4, -0.2) is 39.0 Å². The van der Waals surface area contributed by atoms with Crippen LogP contribution in [-0.2, 0) is 18.8 Å². The molecule has 0 aromatic carbocycles. The zero-order valence-electron chi connectivity index (χ0n) is 9.73. The van der Waals surface area contributed by atoms with Crippen molar-refractivity contribution in [1.82, 2.24) is 0 Å². The SMILES string of the molecule is C[Si](C)(C)OC(=O)COC(=O)C(F)(F)C(F)(F)F. The lowest BCUT2D eigenvalue weighted by Gasteiger charge is -2.19. The van der Waals surface area contributed by atoms with Gasteiger partial charge in [0.1, 0.15) is 0 Å². The van der Waals surface area contributed by atoms with Crippen LogP contribution in [0.1, 0.15) is 0 Å². The van der Waals surface area contributed by atoms with E-state index in [0.717, 1.165) is 0 Å². The molecule has 0 bridgehead atoms. The van der Waals surface area contributed by atoms with Gasteiger partial charge in [0.2, 0.25) is 8.32 Å². The van der Waals surface area contributed by atoms with E-state index in [1.165, 1.54) is 0 Å². The number of carbonyl (C=O) groups is 2. The molecule has 0 N–H and O–H groups in total. The quantitative estimate of drug-likeness (QED) is 0.453. The molecule has 0 fully saturated rings. The van der Waals surface area contributed by atoms with Gasteiger partial charge in [0.05, 0.1) is 0 Å². The van der Waals surface area contributed by atoms with Crippen molar-refractivity contribution in [1.29, 1.82) is 0 Å². The van der Waals surface area contributed by atoms with Crippen LogP contribution in [0.15, 0.2) is 0 Å². The van der Waals surface area contributed by atoms with Crippen molar-refractivity contribution < 1.29 is 40.7 Å².